The molecule has 3 rings (SSSR count). The molecule has 0 saturated carbocycles. The summed E-state index contributed by atoms with van der Waals surface area (Å²) in [4.78, 5) is 25.5. The van der Waals surface area contributed by atoms with Crippen LogP contribution in [-0.2, 0) is 4.74 Å². The Labute approximate surface area is 132 Å². The second-order valence-corrected chi connectivity index (χ2v) is 5.50. The van der Waals surface area contributed by atoms with Crippen LogP contribution in [0.25, 0.3) is 11.2 Å². The number of rotatable bonds is 5. The number of aromatic amines is 1. The Morgan fingerprint density at radius 2 is 2.22 bits per heavy atom. The molecule has 126 valence electrons. The SMILES string of the molecule is CCN(CC)c1nc2c(ncn2[C@H]2C[C@H](O)[C@@H](CO)O2)c(=O)[nH]1. The maximum absolute atomic E-state index is 12.2. The molecule has 3 N–H and O–H groups in total. The van der Waals surface area contributed by atoms with Crippen molar-refractivity contribution in [1.29, 1.82) is 0 Å². The second-order valence-electron chi connectivity index (χ2n) is 5.50. The van der Waals surface area contributed by atoms with Crippen LogP contribution < -0.4 is 10.5 Å². The molecule has 0 aromatic carbocycles. The Morgan fingerprint density at radius 3 is 2.83 bits per heavy atom. The minimum absolute atomic E-state index is 0.228. The van der Waals surface area contributed by atoms with Crippen LogP contribution in [0, 0.1) is 0 Å². The third-order valence-electron chi connectivity index (χ3n) is 4.18. The summed E-state index contributed by atoms with van der Waals surface area (Å²) in [5, 5.41) is 19.1. The largest absolute Gasteiger partial charge is 0.394 e. The van der Waals surface area contributed by atoms with Crippen molar-refractivity contribution in [1.82, 2.24) is 19.5 Å². The van der Waals surface area contributed by atoms with Gasteiger partial charge in [-0.05, 0) is 13.8 Å². The molecule has 1 saturated heterocycles. The number of nitrogens with zero attached hydrogens (tertiary/aromatic N) is 4. The highest BCUT2D eigenvalue weighted by Gasteiger charge is 2.35. The highest BCUT2D eigenvalue weighted by atomic mass is 16.5. The van der Waals surface area contributed by atoms with Gasteiger partial charge in [-0.2, -0.15) is 4.98 Å². The summed E-state index contributed by atoms with van der Waals surface area (Å²) in [6.07, 6.45) is -0.110. The summed E-state index contributed by atoms with van der Waals surface area (Å²) in [6.45, 7) is 5.12. The lowest BCUT2D eigenvalue weighted by molar-refractivity contribution is -0.0432. The van der Waals surface area contributed by atoms with E-state index >= 15 is 0 Å². The van der Waals surface area contributed by atoms with E-state index in [2.05, 4.69) is 15.0 Å². The molecule has 2 aromatic heterocycles. The van der Waals surface area contributed by atoms with Crippen LogP contribution in [0.1, 0.15) is 26.5 Å². The number of imidazole rings is 1. The Morgan fingerprint density at radius 1 is 1.48 bits per heavy atom. The van der Waals surface area contributed by atoms with Gasteiger partial charge in [-0.25, -0.2) is 4.98 Å². The summed E-state index contributed by atoms with van der Waals surface area (Å²) in [5.74, 6) is 0.478. The molecular formula is C14H21N5O4. The molecule has 3 atom stereocenters. The van der Waals surface area contributed by atoms with Crippen LogP contribution in [0.15, 0.2) is 11.1 Å². The third-order valence-corrected chi connectivity index (χ3v) is 4.18. The number of hydrogen-bond acceptors (Lipinski definition) is 7. The van der Waals surface area contributed by atoms with E-state index in [0.29, 0.717) is 31.1 Å². The molecule has 0 bridgehead atoms. The lowest BCUT2D eigenvalue weighted by atomic mass is 10.2. The molecule has 23 heavy (non-hydrogen) atoms. The third kappa shape index (κ3) is 2.71. The molecule has 1 aliphatic heterocycles. The van der Waals surface area contributed by atoms with Crippen LogP contribution in [-0.4, -0.2) is 61.6 Å². The fraction of sp³-hybridized carbons (Fsp3) is 0.643. The first-order valence-electron chi connectivity index (χ1n) is 7.75. The van der Waals surface area contributed by atoms with Gasteiger partial charge in [0.15, 0.2) is 11.2 Å². The Kier molecular flexibility index (Phi) is 4.33. The van der Waals surface area contributed by atoms with Gasteiger partial charge in [-0.15, -0.1) is 0 Å². The van der Waals surface area contributed by atoms with E-state index in [0.717, 1.165) is 0 Å². The van der Waals surface area contributed by atoms with Crippen molar-refractivity contribution in [3.8, 4) is 0 Å². The van der Waals surface area contributed by atoms with E-state index in [1.807, 2.05) is 18.7 Å². The predicted molar refractivity (Wildman–Crippen MR) is 83.3 cm³/mol. The molecule has 9 nitrogen and oxygen atoms in total. The Bertz CT molecular complexity index is 738. The van der Waals surface area contributed by atoms with Crippen LogP contribution in [0.2, 0.25) is 0 Å². The minimum atomic E-state index is -0.758. The number of H-pyrrole nitrogens is 1. The predicted octanol–water partition coefficient (Wildman–Crippen LogP) is -0.393. The van der Waals surface area contributed by atoms with Gasteiger partial charge in [0, 0.05) is 19.5 Å². The molecule has 1 fully saturated rings. The Hall–Kier alpha value is -1.97. The molecule has 0 aliphatic carbocycles. The molecule has 0 radical (unpaired) electrons. The molecule has 1 aliphatic rings. The highest BCUT2D eigenvalue weighted by Crippen LogP contribution is 2.30. The highest BCUT2D eigenvalue weighted by molar-refractivity contribution is 5.71. The smallest absolute Gasteiger partial charge is 0.280 e. The van der Waals surface area contributed by atoms with Crippen molar-refractivity contribution in [2.24, 2.45) is 0 Å². The van der Waals surface area contributed by atoms with Gasteiger partial charge in [-0.3, -0.25) is 14.3 Å². The van der Waals surface area contributed by atoms with Crippen LogP contribution >= 0.6 is 0 Å². The molecule has 9 heteroatoms. The van der Waals surface area contributed by atoms with Crippen molar-refractivity contribution in [3.05, 3.63) is 16.7 Å². The summed E-state index contributed by atoms with van der Waals surface area (Å²) in [7, 11) is 0. The van der Waals surface area contributed by atoms with E-state index in [1.54, 1.807) is 4.57 Å². The molecule has 0 amide bonds. The van der Waals surface area contributed by atoms with Gasteiger partial charge in [0.25, 0.3) is 5.56 Å². The standard InChI is InChI=1S/C14H21N5O4/c1-3-18(4-2)14-16-12-11(13(22)17-14)15-7-19(12)10-5-8(21)9(6-20)23-10/h7-10,20-21H,3-6H2,1-2H3,(H,16,17,22)/t8-,9+,10+/m0/s1. The fourth-order valence-electron chi connectivity index (χ4n) is 2.85. The number of aliphatic hydroxyl groups excluding tert-OH is 2. The van der Waals surface area contributed by atoms with Gasteiger partial charge in [0.05, 0.1) is 19.0 Å². The van der Waals surface area contributed by atoms with E-state index in [4.69, 9.17) is 4.74 Å². The monoisotopic (exact) mass is 323 g/mol. The van der Waals surface area contributed by atoms with E-state index in [-0.39, 0.29) is 17.7 Å². The number of aliphatic hydroxyl groups is 2. The van der Waals surface area contributed by atoms with Crippen LogP contribution in [0.3, 0.4) is 0 Å². The first-order valence-corrected chi connectivity index (χ1v) is 7.75. The molecule has 0 unspecified atom stereocenters. The second kappa shape index (κ2) is 6.26. The normalized spacial score (nSPS) is 24.4. The summed E-state index contributed by atoms with van der Waals surface area (Å²) < 4.78 is 7.26. The number of nitrogens with one attached hydrogen (secondary N) is 1. The van der Waals surface area contributed by atoms with Crippen LogP contribution in [0.4, 0.5) is 5.95 Å². The number of hydrogen-bond donors (Lipinski definition) is 3. The number of anilines is 1. The zero-order valence-electron chi connectivity index (χ0n) is 13.1. The van der Waals surface area contributed by atoms with Crippen molar-refractivity contribution in [3.63, 3.8) is 0 Å². The summed E-state index contributed by atoms with van der Waals surface area (Å²) in [5.41, 5.74) is 0.325. The first-order chi connectivity index (χ1) is 11.1. The van der Waals surface area contributed by atoms with E-state index < -0.39 is 18.4 Å². The van der Waals surface area contributed by atoms with Crippen LogP contribution in [0.5, 0.6) is 0 Å². The summed E-state index contributed by atoms with van der Waals surface area (Å²) >= 11 is 0. The lowest BCUT2D eigenvalue weighted by Crippen LogP contribution is -2.27. The molecular weight excluding hydrogens is 302 g/mol. The van der Waals surface area contributed by atoms with Crippen molar-refractivity contribution in [2.75, 3.05) is 24.6 Å². The van der Waals surface area contributed by atoms with Crippen molar-refractivity contribution in [2.45, 2.75) is 38.7 Å². The average Bonchev–Trinajstić information content (AvgIpc) is 3.12. The average molecular weight is 323 g/mol. The van der Waals surface area contributed by atoms with Gasteiger partial charge >= 0.3 is 0 Å². The maximum Gasteiger partial charge on any atom is 0.280 e. The zero-order chi connectivity index (χ0) is 16.6. The quantitative estimate of drug-likeness (QED) is 0.686. The number of ether oxygens (including phenoxy) is 1. The van der Waals surface area contributed by atoms with Gasteiger partial charge in [0.2, 0.25) is 5.95 Å². The van der Waals surface area contributed by atoms with Gasteiger partial charge in [0.1, 0.15) is 12.3 Å². The molecule has 0 spiro atoms. The van der Waals surface area contributed by atoms with Gasteiger partial charge < -0.3 is 19.8 Å². The molecule has 2 aromatic rings. The lowest BCUT2D eigenvalue weighted by Gasteiger charge is -2.19. The number of aromatic nitrogens is 4. The maximum atomic E-state index is 12.2. The van der Waals surface area contributed by atoms with Gasteiger partial charge in [-0.1, -0.05) is 0 Å². The van der Waals surface area contributed by atoms with Crippen molar-refractivity contribution >= 4 is 17.1 Å². The summed E-state index contributed by atoms with van der Waals surface area (Å²) in [6, 6.07) is 0. The first kappa shape index (κ1) is 15.9. The minimum Gasteiger partial charge on any atom is -0.394 e. The Balaban J connectivity index is 2.04. The van der Waals surface area contributed by atoms with E-state index in [1.165, 1.54) is 6.33 Å². The van der Waals surface area contributed by atoms with Crippen molar-refractivity contribution < 1.29 is 14.9 Å². The molecule has 3 heterocycles. The zero-order valence-corrected chi connectivity index (χ0v) is 13.1. The fourth-order valence-corrected chi connectivity index (χ4v) is 2.85. The topological polar surface area (TPSA) is 116 Å². The number of fused-ring (bicyclic) bond motifs is 1. The van der Waals surface area contributed by atoms with E-state index in [9.17, 15) is 15.0 Å².